The van der Waals surface area contributed by atoms with Crippen LogP contribution < -0.4 is 0 Å². The number of nitrogens with zero attached hydrogens (tertiary/aromatic N) is 4. The van der Waals surface area contributed by atoms with Crippen molar-refractivity contribution in [2.45, 2.75) is 0 Å². The van der Waals surface area contributed by atoms with Crippen LogP contribution in [0.25, 0.3) is 0 Å². The molecule has 0 radical (unpaired) electrons. The predicted molar refractivity (Wildman–Crippen MR) is 51.0 cm³/mol. The molecule has 0 aliphatic heterocycles. The van der Waals surface area contributed by atoms with Gasteiger partial charge in [-0.15, -0.1) is 0 Å². The molecule has 2 aromatic heterocycles. The minimum atomic E-state index is -0.982. The molecule has 0 unspecified atom stereocenters. The van der Waals surface area contributed by atoms with Crippen molar-refractivity contribution in [1.82, 2.24) is 20.4 Å². The molecule has 1 N–H and O–H groups in total. The van der Waals surface area contributed by atoms with Gasteiger partial charge in [-0.05, 0) is 18.2 Å². The van der Waals surface area contributed by atoms with Gasteiger partial charge in [-0.3, -0.25) is 0 Å². The molecule has 0 aliphatic rings. The van der Waals surface area contributed by atoms with Crippen LogP contribution >= 0.6 is 0 Å². The van der Waals surface area contributed by atoms with Gasteiger partial charge in [0, 0.05) is 12.4 Å². The molecular weight excluding hydrogens is 196 g/mol. The van der Waals surface area contributed by atoms with E-state index >= 15 is 0 Å². The minimum absolute atomic E-state index is 0.157. The Morgan fingerprint density at radius 3 is 1.87 bits per heavy atom. The first-order valence-corrected chi connectivity index (χ1v) is 4.02. The van der Waals surface area contributed by atoms with E-state index in [0.29, 0.717) is 0 Å². The van der Waals surface area contributed by atoms with Crippen LogP contribution in [0, 0.1) is 0 Å². The van der Waals surface area contributed by atoms with E-state index in [1.807, 2.05) is 12.1 Å². The van der Waals surface area contributed by atoms with E-state index < -0.39 is 5.97 Å². The lowest BCUT2D eigenvalue weighted by Crippen LogP contribution is -1.96. The van der Waals surface area contributed by atoms with Crippen LogP contribution in [0.15, 0.2) is 43.0 Å². The molecular formula is C9H8N4O2. The average molecular weight is 204 g/mol. The molecule has 76 valence electrons. The Bertz CT molecular complexity index is 367. The first-order valence-electron chi connectivity index (χ1n) is 4.02. The van der Waals surface area contributed by atoms with Gasteiger partial charge < -0.3 is 5.11 Å². The van der Waals surface area contributed by atoms with Gasteiger partial charge in [-0.25, -0.2) is 4.79 Å². The Balaban J connectivity index is 0.000000162. The molecule has 6 nitrogen and oxygen atoms in total. The number of carboxylic acids is 1. The Morgan fingerprint density at radius 1 is 1.00 bits per heavy atom. The average Bonchev–Trinajstić information content (AvgIpc) is 2.33. The molecule has 0 aromatic carbocycles. The predicted octanol–water partition coefficient (Wildman–Crippen LogP) is 0.651. The summed E-state index contributed by atoms with van der Waals surface area (Å²) < 4.78 is 0. The molecule has 2 heterocycles. The van der Waals surface area contributed by atoms with E-state index in [-0.39, 0.29) is 5.56 Å². The topological polar surface area (TPSA) is 88.9 Å². The molecule has 2 aromatic rings. The van der Waals surface area contributed by atoms with Gasteiger partial charge in [0.1, 0.15) is 0 Å². The molecule has 6 heteroatoms. The summed E-state index contributed by atoms with van der Waals surface area (Å²) in [6.07, 6.45) is 5.81. The molecule has 0 spiro atoms. The third kappa shape index (κ3) is 4.41. The summed E-state index contributed by atoms with van der Waals surface area (Å²) in [5.74, 6) is -0.982. The zero-order valence-electron chi connectivity index (χ0n) is 7.69. The van der Waals surface area contributed by atoms with Crippen molar-refractivity contribution in [3.63, 3.8) is 0 Å². The van der Waals surface area contributed by atoms with Crippen molar-refractivity contribution in [3.05, 3.63) is 48.5 Å². The highest BCUT2D eigenvalue weighted by atomic mass is 16.4. The van der Waals surface area contributed by atoms with Crippen LogP contribution in [0.2, 0.25) is 0 Å². The number of hydrogen-bond donors (Lipinski definition) is 1. The van der Waals surface area contributed by atoms with Crippen LogP contribution in [0.3, 0.4) is 0 Å². The maximum absolute atomic E-state index is 10.1. The number of aromatic carboxylic acids is 1. The summed E-state index contributed by atoms with van der Waals surface area (Å²) in [6, 6.07) is 5.04. The van der Waals surface area contributed by atoms with Crippen molar-refractivity contribution in [1.29, 1.82) is 0 Å². The third-order valence-corrected chi connectivity index (χ3v) is 1.31. The van der Waals surface area contributed by atoms with Gasteiger partial charge in [0.2, 0.25) is 0 Å². The van der Waals surface area contributed by atoms with Gasteiger partial charge in [0.05, 0.1) is 18.0 Å². The fourth-order valence-electron chi connectivity index (χ4n) is 0.671. The van der Waals surface area contributed by atoms with E-state index in [9.17, 15) is 4.79 Å². The molecule has 2 rings (SSSR count). The molecule has 0 saturated carbocycles. The zero-order chi connectivity index (χ0) is 10.9. The summed E-state index contributed by atoms with van der Waals surface area (Å²) in [7, 11) is 0. The first kappa shape index (κ1) is 10.7. The Labute approximate surface area is 85.6 Å². The number of hydrogen-bond acceptors (Lipinski definition) is 5. The smallest absolute Gasteiger partial charge is 0.337 e. The maximum Gasteiger partial charge on any atom is 0.337 e. The maximum atomic E-state index is 10.1. The fourth-order valence-corrected chi connectivity index (χ4v) is 0.671. The SMILES string of the molecule is O=C(O)c1ccnnc1.c1ccnnc1. The van der Waals surface area contributed by atoms with Crippen LogP contribution in [0.5, 0.6) is 0 Å². The van der Waals surface area contributed by atoms with Crippen LogP contribution in [-0.4, -0.2) is 31.5 Å². The summed E-state index contributed by atoms with van der Waals surface area (Å²) in [5, 5.41) is 22.2. The molecule has 0 bridgehead atoms. The first-order chi connectivity index (χ1) is 7.30. The molecule has 0 aliphatic carbocycles. The Morgan fingerprint density at radius 2 is 1.60 bits per heavy atom. The van der Waals surface area contributed by atoms with Gasteiger partial charge in [-0.1, -0.05) is 0 Å². The minimum Gasteiger partial charge on any atom is -0.478 e. The highest BCUT2D eigenvalue weighted by Crippen LogP contribution is 1.90. The molecule has 0 fully saturated rings. The normalized spacial score (nSPS) is 8.53. The molecule has 0 saturated heterocycles. The highest BCUT2D eigenvalue weighted by molar-refractivity contribution is 5.86. The summed E-state index contributed by atoms with van der Waals surface area (Å²) >= 11 is 0. The zero-order valence-corrected chi connectivity index (χ0v) is 7.69. The summed E-state index contributed by atoms with van der Waals surface area (Å²) in [5.41, 5.74) is 0.157. The van der Waals surface area contributed by atoms with Crippen molar-refractivity contribution < 1.29 is 9.90 Å². The monoisotopic (exact) mass is 204 g/mol. The lowest BCUT2D eigenvalue weighted by molar-refractivity contribution is 0.0696. The second-order valence-electron chi connectivity index (χ2n) is 2.35. The highest BCUT2D eigenvalue weighted by Gasteiger charge is 1.98. The number of carboxylic acid groups (broad SMARTS) is 1. The lowest BCUT2D eigenvalue weighted by atomic mass is 10.3. The van der Waals surface area contributed by atoms with Gasteiger partial charge in [0.15, 0.2) is 0 Å². The van der Waals surface area contributed by atoms with Gasteiger partial charge in [0.25, 0.3) is 0 Å². The van der Waals surface area contributed by atoms with Gasteiger partial charge >= 0.3 is 5.97 Å². The number of carbonyl (C=O) groups is 1. The quantitative estimate of drug-likeness (QED) is 0.733. The Hall–Kier alpha value is -2.37. The fraction of sp³-hybridized carbons (Fsp3) is 0. The lowest BCUT2D eigenvalue weighted by Gasteiger charge is -1.86. The van der Waals surface area contributed by atoms with Crippen LogP contribution in [0.4, 0.5) is 0 Å². The standard InChI is InChI=1S/C5H4N2O2.C4H4N2/c8-5(9)4-1-2-6-7-3-4;1-2-4-6-5-3-1/h1-3H,(H,8,9);1-4H. The van der Waals surface area contributed by atoms with Crippen molar-refractivity contribution in [3.8, 4) is 0 Å². The largest absolute Gasteiger partial charge is 0.478 e. The number of rotatable bonds is 1. The van der Waals surface area contributed by atoms with Gasteiger partial charge in [-0.2, -0.15) is 20.4 Å². The third-order valence-electron chi connectivity index (χ3n) is 1.31. The summed E-state index contributed by atoms with van der Waals surface area (Å²) in [4.78, 5) is 10.1. The van der Waals surface area contributed by atoms with E-state index in [1.165, 1.54) is 18.5 Å². The molecule has 0 amide bonds. The second-order valence-corrected chi connectivity index (χ2v) is 2.35. The molecule has 15 heavy (non-hydrogen) atoms. The van der Waals surface area contributed by atoms with Crippen LogP contribution in [0.1, 0.15) is 10.4 Å². The number of aromatic nitrogens is 4. The van der Waals surface area contributed by atoms with E-state index in [4.69, 9.17) is 5.11 Å². The van der Waals surface area contributed by atoms with E-state index in [1.54, 1.807) is 12.4 Å². The van der Waals surface area contributed by atoms with Crippen molar-refractivity contribution in [2.75, 3.05) is 0 Å². The molecule has 0 atom stereocenters. The summed E-state index contributed by atoms with van der Waals surface area (Å²) in [6.45, 7) is 0. The van der Waals surface area contributed by atoms with Crippen LogP contribution in [-0.2, 0) is 0 Å². The second kappa shape index (κ2) is 6.14. The van der Waals surface area contributed by atoms with Crippen molar-refractivity contribution in [2.24, 2.45) is 0 Å². The van der Waals surface area contributed by atoms with E-state index in [2.05, 4.69) is 20.4 Å². The van der Waals surface area contributed by atoms with Crippen molar-refractivity contribution >= 4 is 5.97 Å². The van der Waals surface area contributed by atoms with E-state index in [0.717, 1.165) is 0 Å². The Kier molecular flexibility index (Phi) is 4.38.